The number of carbonyl (C=O) groups is 1. The SMILES string of the molecule is CN1CCN(C(=O)C2CCN(c3ccc(F)cn3)CC2)c2ccc(Cl)cc2C1. The molecule has 1 aromatic carbocycles. The molecular weight excluding hydrogens is 379 g/mol. The molecule has 2 aromatic rings. The zero-order valence-electron chi connectivity index (χ0n) is 15.9. The number of hydrogen-bond acceptors (Lipinski definition) is 4. The summed E-state index contributed by atoms with van der Waals surface area (Å²) < 4.78 is 13.1. The van der Waals surface area contributed by atoms with Crippen LogP contribution in [0.15, 0.2) is 36.5 Å². The molecule has 1 aromatic heterocycles. The van der Waals surface area contributed by atoms with Gasteiger partial charge in [-0.2, -0.15) is 0 Å². The maximum atomic E-state index is 13.3. The molecule has 2 aliphatic heterocycles. The molecule has 1 fully saturated rings. The number of anilines is 2. The fraction of sp³-hybridized carbons (Fsp3) is 0.429. The summed E-state index contributed by atoms with van der Waals surface area (Å²) in [6, 6.07) is 8.90. The average molecular weight is 403 g/mol. The van der Waals surface area contributed by atoms with Crippen LogP contribution in [0.3, 0.4) is 0 Å². The van der Waals surface area contributed by atoms with Crippen molar-refractivity contribution in [3.05, 3.63) is 52.9 Å². The molecule has 0 bridgehead atoms. The normalized spacial score (nSPS) is 18.7. The number of amides is 1. The molecule has 2 aliphatic rings. The Balaban J connectivity index is 1.47. The van der Waals surface area contributed by atoms with Gasteiger partial charge in [0.05, 0.1) is 6.20 Å². The topological polar surface area (TPSA) is 39.7 Å². The van der Waals surface area contributed by atoms with Crippen LogP contribution < -0.4 is 9.80 Å². The molecule has 148 valence electrons. The molecule has 0 spiro atoms. The van der Waals surface area contributed by atoms with Crippen molar-refractivity contribution in [2.75, 3.05) is 43.0 Å². The van der Waals surface area contributed by atoms with Crippen molar-refractivity contribution in [2.24, 2.45) is 5.92 Å². The third-order valence-electron chi connectivity index (χ3n) is 5.62. The largest absolute Gasteiger partial charge is 0.357 e. The number of carbonyl (C=O) groups excluding carboxylic acids is 1. The molecule has 0 N–H and O–H groups in total. The van der Waals surface area contributed by atoms with Crippen molar-refractivity contribution in [3.8, 4) is 0 Å². The lowest BCUT2D eigenvalue weighted by molar-refractivity contribution is -0.123. The number of fused-ring (bicyclic) bond motifs is 1. The standard InChI is InChI=1S/C21H24ClFN4O/c1-25-10-11-27(19-4-2-17(22)12-16(19)14-25)21(28)15-6-8-26(9-7-15)20-5-3-18(23)13-24-20/h2-5,12-13,15H,6-11,14H2,1H3. The number of pyridine rings is 1. The second kappa shape index (κ2) is 8.05. The maximum Gasteiger partial charge on any atom is 0.230 e. The summed E-state index contributed by atoms with van der Waals surface area (Å²) in [5.41, 5.74) is 2.06. The summed E-state index contributed by atoms with van der Waals surface area (Å²) in [4.78, 5) is 23.8. The van der Waals surface area contributed by atoms with Crippen LogP contribution in [0.5, 0.6) is 0 Å². The lowest BCUT2D eigenvalue weighted by Gasteiger charge is -2.35. The Morgan fingerprint density at radius 3 is 2.64 bits per heavy atom. The minimum atomic E-state index is -0.335. The second-order valence-electron chi connectivity index (χ2n) is 7.60. The number of benzene rings is 1. The highest BCUT2D eigenvalue weighted by molar-refractivity contribution is 6.30. The van der Waals surface area contributed by atoms with E-state index in [1.807, 2.05) is 23.1 Å². The van der Waals surface area contributed by atoms with Gasteiger partial charge >= 0.3 is 0 Å². The molecule has 0 aliphatic carbocycles. The van der Waals surface area contributed by atoms with E-state index >= 15 is 0 Å². The monoisotopic (exact) mass is 402 g/mol. The van der Waals surface area contributed by atoms with E-state index < -0.39 is 0 Å². The van der Waals surface area contributed by atoms with E-state index in [0.717, 1.165) is 56.1 Å². The maximum absolute atomic E-state index is 13.3. The third kappa shape index (κ3) is 3.98. The predicted octanol–water partition coefficient (Wildman–Crippen LogP) is 3.57. The quantitative estimate of drug-likeness (QED) is 0.770. The van der Waals surface area contributed by atoms with Crippen LogP contribution >= 0.6 is 11.6 Å². The van der Waals surface area contributed by atoms with E-state index in [-0.39, 0.29) is 17.6 Å². The molecule has 4 rings (SSSR count). The molecular formula is C21H24ClFN4O. The molecule has 1 saturated heterocycles. The van der Waals surface area contributed by atoms with E-state index in [1.165, 1.54) is 12.3 Å². The molecule has 0 atom stereocenters. The number of aromatic nitrogens is 1. The molecule has 5 nitrogen and oxygen atoms in total. The van der Waals surface area contributed by atoms with Crippen LogP contribution in [-0.4, -0.2) is 49.0 Å². The lowest BCUT2D eigenvalue weighted by atomic mass is 9.94. The Hall–Kier alpha value is -2.18. The summed E-state index contributed by atoms with van der Waals surface area (Å²) in [7, 11) is 2.06. The van der Waals surface area contributed by atoms with Crippen molar-refractivity contribution in [2.45, 2.75) is 19.4 Å². The van der Waals surface area contributed by atoms with Gasteiger partial charge in [0.2, 0.25) is 5.91 Å². The minimum Gasteiger partial charge on any atom is -0.357 e. The highest BCUT2D eigenvalue weighted by atomic mass is 35.5. The number of likely N-dealkylation sites (N-methyl/N-ethyl adjacent to an activating group) is 1. The summed E-state index contributed by atoms with van der Waals surface area (Å²) >= 11 is 6.18. The first-order valence-corrected chi connectivity index (χ1v) is 10.0. The van der Waals surface area contributed by atoms with Crippen LogP contribution in [0.2, 0.25) is 5.02 Å². The number of nitrogens with zero attached hydrogens (tertiary/aromatic N) is 4. The zero-order valence-corrected chi connectivity index (χ0v) is 16.7. The molecule has 0 unspecified atom stereocenters. The average Bonchev–Trinajstić information content (AvgIpc) is 2.86. The second-order valence-corrected chi connectivity index (χ2v) is 8.03. The van der Waals surface area contributed by atoms with Crippen LogP contribution in [0.1, 0.15) is 18.4 Å². The molecule has 0 radical (unpaired) electrons. The van der Waals surface area contributed by atoms with Crippen LogP contribution in [0.4, 0.5) is 15.9 Å². The fourth-order valence-corrected chi connectivity index (χ4v) is 4.26. The van der Waals surface area contributed by atoms with E-state index in [1.54, 1.807) is 6.07 Å². The van der Waals surface area contributed by atoms with Gasteiger partial charge in [0.1, 0.15) is 11.6 Å². The van der Waals surface area contributed by atoms with Crippen molar-refractivity contribution < 1.29 is 9.18 Å². The number of hydrogen-bond donors (Lipinski definition) is 0. The summed E-state index contributed by atoms with van der Waals surface area (Å²) in [5.74, 6) is 0.608. The van der Waals surface area contributed by atoms with Crippen molar-refractivity contribution in [1.82, 2.24) is 9.88 Å². The number of rotatable bonds is 2. The first-order chi connectivity index (χ1) is 13.5. The summed E-state index contributed by atoms with van der Waals surface area (Å²) in [5, 5.41) is 0.696. The van der Waals surface area contributed by atoms with Crippen molar-refractivity contribution in [3.63, 3.8) is 0 Å². The van der Waals surface area contributed by atoms with Gasteiger partial charge in [0, 0.05) is 49.4 Å². The Morgan fingerprint density at radius 1 is 1.14 bits per heavy atom. The fourth-order valence-electron chi connectivity index (χ4n) is 4.06. The summed E-state index contributed by atoms with van der Waals surface area (Å²) in [6.45, 7) is 3.79. The first kappa shape index (κ1) is 19.2. The van der Waals surface area contributed by atoms with Gasteiger partial charge in [-0.3, -0.25) is 4.79 Å². The Bertz CT molecular complexity index is 852. The predicted molar refractivity (Wildman–Crippen MR) is 109 cm³/mol. The Morgan fingerprint density at radius 2 is 1.93 bits per heavy atom. The molecule has 0 saturated carbocycles. The van der Waals surface area contributed by atoms with Crippen molar-refractivity contribution in [1.29, 1.82) is 0 Å². The van der Waals surface area contributed by atoms with Crippen LogP contribution in [0.25, 0.3) is 0 Å². The number of piperidine rings is 1. The van der Waals surface area contributed by atoms with Gasteiger partial charge in [-0.25, -0.2) is 9.37 Å². The van der Waals surface area contributed by atoms with Crippen LogP contribution in [0, 0.1) is 11.7 Å². The van der Waals surface area contributed by atoms with Gasteiger partial charge < -0.3 is 14.7 Å². The Kier molecular flexibility index (Phi) is 5.51. The lowest BCUT2D eigenvalue weighted by Crippen LogP contribution is -2.44. The third-order valence-corrected chi connectivity index (χ3v) is 5.86. The van der Waals surface area contributed by atoms with E-state index in [2.05, 4.69) is 21.8 Å². The van der Waals surface area contributed by atoms with Crippen LogP contribution in [-0.2, 0) is 11.3 Å². The van der Waals surface area contributed by atoms with E-state index in [9.17, 15) is 9.18 Å². The van der Waals surface area contributed by atoms with E-state index in [4.69, 9.17) is 11.6 Å². The number of halogens is 2. The molecule has 3 heterocycles. The highest BCUT2D eigenvalue weighted by Gasteiger charge is 2.31. The van der Waals surface area contributed by atoms with E-state index in [0.29, 0.717) is 11.6 Å². The zero-order chi connectivity index (χ0) is 19.7. The van der Waals surface area contributed by atoms with Gasteiger partial charge in [-0.15, -0.1) is 0 Å². The van der Waals surface area contributed by atoms with Gasteiger partial charge in [0.25, 0.3) is 0 Å². The summed E-state index contributed by atoms with van der Waals surface area (Å²) in [6.07, 6.45) is 2.78. The molecule has 7 heteroatoms. The van der Waals surface area contributed by atoms with Gasteiger partial charge in [0.15, 0.2) is 0 Å². The molecule has 1 amide bonds. The highest BCUT2D eigenvalue weighted by Crippen LogP contribution is 2.31. The molecule has 28 heavy (non-hydrogen) atoms. The smallest absolute Gasteiger partial charge is 0.230 e. The first-order valence-electron chi connectivity index (χ1n) is 9.66. The Labute approximate surface area is 169 Å². The van der Waals surface area contributed by atoms with Crippen molar-refractivity contribution >= 4 is 29.0 Å². The van der Waals surface area contributed by atoms with Gasteiger partial charge in [-0.05, 0) is 55.8 Å². The van der Waals surface area contributed by atoms with Gasteiger partial charge in [-0.1, -0.05) is 11.6 Å². The minimum absolute atomic E-state index is 0.0105.